The van der Waals surface area contributed by atoms with E-state index < -0.39 is 0 Å². The van der Waals surface area contributed by atoms with Gasteiger partial charge in [-0.1, -0.05) is 37.3 Å². The Bertz CT molecular complexity index is 546. The molecule has 0 saturated heterocycles. The maximum atomic E-state index is 3.40. The van der Waals surface area contributed by atoms with Crippen LogP contribution in [0.1, 0.15) is 35.8 Å². The standard InChI is InChI=1S/C18H24N2S/c1-2-19-12-15-5-3-6-16(11-15)13-20(17-8-9-17)14-18-7-4-10-21-18/h3-7,10-11,17,19H,2,8-9,12-14H2,1H3. The summed E-state index contributed by atoms with van der Waals surface area (Å²) in [6.45, 7) is 6.32. The molecule has 2 nitrogen and oxygen atoms in total. The molecule has 0 amide bonds. The van der Waals surface area contributed by atoms with E-state index in [4.69, 9.17) is 0 Å². The number of hydrogen-bond donors (Lipinski definition) is 1. The van der Waals surface area contributed by atoms with E-state index in [-0.39, 0.29) is 0 Å². The lowest BCUT2D eigenvalue weighted by Crippen LogP contribution is -2.24. The third kappa shape index (κ3) is 4.40. The Morgan fingerprint density at radius 1 is 1.14 bits per heavy atom. The van der Waals surface area contributed by atoms with Crippen molar-refractivity contribution in [1.29, 1.82) is 0 Å². The highest BCUT2D eigenvalue weighted by Crippen LogP contribution is 2.30. The highest BCUT2D eigenvalue weighted by Gasteiger charge is 2.29. The monoisotopic (exact) mass is 300 g/mol. The molecule has 3 rings (SSSR count). The summed E-state index contributed by atoms with van der Waals surface area (Å²) in [5, 5.41) is 5.58. The van der Waals surface area contributed by atoms with Crippen molar-refractivity contribution < 1.29 is 0 Å². The van der Waals surface area contributed by atoms with E-state index in [1.807, 2.05) is 11.3 Å². The fourth-order valence-corrected chi connectivity index (χ4v) is 3.43. The minimum atomic E-state index is 0.796. The fourth-order valence-electron chi connectivity index (χ4n) is 2.70. The van der Waals surface area contributed by atoms with Gasteiger partial charge in [-0.3, -0.25) is 4.90 Å². The molecule has 21 heavy (non-hydrogen) atoms. The summed E-state index contributed by atoms with van der Waals surface area (Å²) in [6.07, 6.45) is 2.73. The molecule has 1 aliphatic carbocycles. The first-order valence-corrected chi connectivity index (χ1v) is 8.78. The van der Waals surface area contributed by atoms with E-state index in [0.717, 1.165) is 32.2 Å². The Labute approximate surface area is 131 Å². The quantitative estimate of drug-likeness (QED) is 0.792. The van der Waals surface area contributed by atoms with Gasteiger partial charge in [-0.15, -0.1) is 11.3 Å². The van der Waals surface area contributed by atoms with Gasteiger partial charge in [-0.25, -0.2) is 0 Å². The van der Waals surface area contributed by atoms with Crippen molar-refractivity contribution in [1.82, 2.24) is 10.2 Å². The van der Waals surface area contributed by atoms with E-state index in [2.05, 4.69) is 58.9 Å². The zero-order valence-corrected chi connectivity index (χ0v) is 13.5. The average molecular weight is 300 g/mol. The second-order valence-electron chi connectivity index (χ2n) is 5.82. The molecular weight excluding hydrogens is 276 g/mol. The van der Waals surface area contributed by atoms with Crippen LogP contribution in [0.25, 0.3) is 0 Å². The van der Waals surface area contributed by atoms with E-state index >= 15 is 0 Å². The lowest BCUT2D eigenvalue weighted by molar-refractivity contribution is 0.248. The molecule has 0 spiro atoms. The molecule has 0 unspecified atom stereocenters. The van der Waals surface area contributed by atoms with Crippen LogP contribution in [0.5, 0.6) is 0 Å². The predicted molar refractivity (Wildman–Crippen MR) is 90.4 cm³/mol. The smallest absolute Gasteiger partial charge is 0.0334 e. The Morgan fingerprint density at radius 2 is 2.00 bits per heavy atom. The van der Waals surface area contributed by atoms with Gasteiger partial charge >= 0.3 is 0 Å². The molecule has 2 aromatic rings. The number of hydrogen-bond acceptors (Lipinski definition) is 3. The van der Waals surface area contributed by atoms with Crippen molar-refractivity contribution >= 4 is 11.3 Å². The van der Waals surface area contributed by atoms with Crippen LogP contribution in [-0.2, 0) is 19.6 Å². The van der Waals surface area contributed by atoms with E-state index in [1.54, 1.807) is 0 Å². The van der Waals surface area contributed by atoms with Gasteiger partial charge in [0, 0.05) is 30.6 Å². The minimum absolute atomic E-state index is 0.796. The lowest BCUT2D eigenvalue weighted by atomic mass is 10.1. The molecule has 1 aliphatic rings. The third-order valence-electron chi connectivity index (χ3n) is 3.96. The highest BCUT2D eigenvalue weighted by atomic mass is 32.1. The Hall–Kier alpha value is -1.16. The van der Waals surface area contributed by atoms with Crippen LogP contribution in [-0.4, -0.2) is 17.5 Å². The molecule has 3 heteroatoms. The van der Waals surface area contributed by atoms with Crippen LogP contribution in [0.4, 0.5) is 0 Å². The van der Waals surface area contributed by atoms with Gasteiger partial charge in [-0.05, 0) is 42.0 Å². The van der Waals surface area contributed by atoms with Gasteiger partial charge in [0.15, 0.2) is 0 Å². The van der Waals surface area contributed by atoms with Crippen LogP contribution in [0.2, 0.25) is 0 Å². The largest absolute Gasteiger partial charge is 0.313 e. The average Bonchev–Trinajstić information content (AvgIpc) is 3.23. The second-order valence-corrected chi connectivity index (χ2v) is 6.85. The second kappa shape index (κ2) is 7.21. The molecule has 1 aromatic carbocycles. The first kappa shape index (κ1) is 14.8. The van der Waals surface area contributed by atoms with Gasteiger partial charge in [0.05, 0.1) is 0 Å². The van der Waals surface area contributed by atoms with E-state index in [9.17, 15) is 0 Å². The van der Waals surface area contributed by atoms with Gasteiger partial charge in [-0.2, -0.15) is 0 Å². The Morgan fingerprint density at radius 3 is 2.71 bits per heavy atom. The summed E-state index contributed by atoms with van der Waals surface area (Å²) in [5.41, 5.74) is 2.83. The maximum absolute atomic E-state index is 3.40. The lowest BCUT2D eigenvalue weighted by Gasteiger charge is -2.21. The summed E-state index contributed by atoms with van der Waals surface area (Å²) >= 11 is 1.87. The highest BCUT2D eigenvalue weighted by molar-refractivity contribution is 7.09. The van der Waals surface area contributed by atoms with Crippen molar-refractivity contribution in [3.8, 4) is 0 Å². The Kier molecular flexibility index (Phi) is 5.07. The third-order valence-corrected chi connectivity index (χ3v) is 4.82. The first-order valence-electron chi connectivity index (χ1n) is 7.90. The molecular formula is C18H24N2S. The summed E-state index contributed by atoms with van der Waals surface area (Å²) in [6, 6.07) is 14.2. The maximum Gasteiger partial charge on any atom is 0.0334 e. The fraction of sp³-hybridized carbons (Fsp3) is 0.444. The van der Waals surface area contributed by atoms with E-state index in [0.29, 0.717) is 0 Å². The molecule has 0 bridgehead atoms. The van der Waals surface area contributed by atoms with Crippen LogP contribution in [0.3, 0.4) is 0 Å². The summed E-state index contributed by atoms with van der Waals surface area (Å²) in [5.74, 6) is 0. The zero-order chi connectivity index (χ0) is 14.5. The molecule has 0 aliphatic heterocycles. The van der Waals surface area contributed by atoms with Gasteiger partial charge in [0.2, 0.25) is 0 Å². The number of nitrogens with one attached hydrogen (secondary N) is 1. The molecule has 112 valence electrons. The Balaban J connectivity index is 1.65. The van der Waals surface area contributed by atoms with Gasteiger partial charge in [0.1, 0.15) is 0 Å². The zero-order valence-electron chi connectivity index (χ0n) is 12.7. The van der Waals surface area contributed by atoms with Crippen LogP contribution < -0.4 is 5.32 Å². The van der Waals surface area contributed by atoms with E-state index in [1.165, 1.54) is 28.8 Å². The molecule has 0 radical (unpaired) electrons. The SMILES string of the molecule is CCNCc1cccc(CN(Cc2cccs2)C2CC2)c1. The topological polar surface area (TPSA) is 15.3 Å². The summed E-state index contributed by atoms with van der Waals surface area (Å²) < 4.78 is 0. The van der Waals surface area contributed by atoms with Gasteiger partial charge in [0.25, 0.3) is 0 Å². The van der Waals surface area contributed by atoms with Crippen molar-refractivity contribution in [2.45, 2.75) is 45.4 Å². The number of thiophene rings is 1. The van der Waals surface area contributed by atoms with Crippen molar-refractivity contribution in [3.05, 3.63) is 57.8 Å². The normalized spacial score (nSPS) is 14.8. The van der Waals surface area contributed by atoms with Crippen molar-refractivity contribution in [2.24, 2.45) is 0 Å². The van der Waals surface area contributed by atoms with Crippen LogP contribution >= 0.6 is 11.3 Å². The van der Waals surface area contributed by atoms with Crippen molar-refractivity contribution in [2.75, 3.05) is 6.54 Å². The molecule has 0 atom stereocenters. The van der Waals surface area contributed by atoms with Crippen LogP contribution in [0.15, 0.2) is 41.8 Å². The first-order chi connectivity index (χ1) is 10.3. The summed E-state index contributed by atoms with van der Waals surface area (Å²) in [7, 11) is 0. The molecule has 1 fully saturated rings. The predicted octanol–water partition coefficient (Wildman–Crippen LogP) is 4.02. The minimum Gasteiger partial charge on any atom is -0.313 e. The van der Waals surface area contributed by atoms with Crippen molar-refractivity contribution in [3.63, 3.8) is 0 Å². The molecule has 1 heterocycles. The molecule has 1 saturated carbocycles. The van der Waals surface area contributed by atoms with Crippen LogP contribution in [0, 0.1) is 0 Å². The van der Waals surface area contributed by atoms with Gasteiger partial charge < -0.3 is 5.32 Å². The number of benzene rings is 1. The number of nitrogens with zero attached hydrogens (tertiary/aromatic N) is 1. The molecule has 1 aromatic heterocycles. The number of rotatable bonds is 8. The molecule has 1 N–H and O–H groups in total. The summed E-state index contributed by atoms with van der Waals surface area (Å²) in [4.78, 5) is 4.11.